The minimum atomic E-state index is -0.345. The van der Waals surface area contributed by atoms with E-state index in [1.54, 1.807) is 24.3 Å². The lowest BCUT2D eigenvalue weighted by molar-refractivity contribution is -0.153. The Morgan fingerprint density at radius 2 is 1.90 bits per heavy atom. The van der Waals surface area contributed by atoms with Gasteiger partial charge in [-0.3, -0.25) is 4.79 Å². The highest BCUT2D eigenvalue weighted by atomic mass is 16.6. The number of Topliss-reactive ketones (excluding diaryl/α,β-unsaturated/α-hetero) is 1. The van der Waals surface area contributed by atoms with Crippen LogP contribution in [0.2, 0.25) is 0 Å². The van der Waals surface area contributed by atoms with E-state index in [0.717, 1.165) is 31.6 Å². The van der Waals surface area contributed by atoms with Crippen LogP contribution in [0.25, 0.3) is 0 Å². The summed E-state index contributed by atoms with van der Waals surface area (Å²) >= 11 is 0. The van der Waals surface area contributed by atoms with Gasteiger partial charge >= 0.3 is 5.97 Å². The van der Waals surface area contributed by atoms with E-state index in [1.807, 2.05) is 0 Å². The van der Waals surface area contributed by atoms with Crippen LogP contribution < -0.4 is 4.74 Å². The van der Waals surface area contributed by atoms with Crippen molar-refractivity contribution >= 4 is 11.8 Å². The highest BCUT2D eigenvalue weighted by molar-refractivity contribution is 5.94. The first kappa shape index (κ1) is 15.5. The van der Waals surface area contributed by atoms with Crippen LogP contribution in [-0.2, 0) is 9.53 Å². The monoisotopic (exact) mass is 290 g/mol. The number of rotatable bonds is 5. The fraction of sp³-hybridized carbons (Fsp3) is 0.529. The summed E-state index contributed by atoms with van der Waals surface area (Å²) in [5, 5.41) is 0. The van der Waals surface area contributed by atoms with Crippen LogP contribution in [0.4, 0.5) is 0 Å². The lowest BCUT2D eigenvalue weighted by Gasteiger charge is -2.25. The van der Waals surface area contributed by atoms with Gasteiger partial charge in [0, 0.05) is 5.56 Å². The van der Waals surface area contributed by atoms with Crippen molar-refractivity contribution in [1.29, 1.82) is 0 Å². The topological polar surface area (TPSA) is 52.6 Å². The summed E-state index contributed by atoms with van der Waals surface area (Å²) in [6.45, 7) is 3.61. The van der Waals surface area contributed by atoms with Crippen LogP contribution >= 0.6 is 0 Å². The molecule has 0 spiro atoms. The number of hydrogen-bond donors (Lipinski definition) is 0. The van der Waals surface area contributed by atoms with E-state index in [4.69, 9.17) is 9.47 Å². The van der Waals surface area contributed by atoms with Gasteiger partial charge in [-0.1, -0.05) is 19.1 Å². The van der Waals surface area contributed by atoms with Crippen molar-refractivity contribution in [3.63, 3.8) is 0 Å². The summed E-state index contributed by atoms with van der Waals surface area (Å²) in [6, 6.07) is 6.82. The molecule has 0 atom stereocenters. The second kappa shape index (κ2) is 7.25. The molecule has 0 aliphatic heterocycles. The number of esters is 1. The first-order chi connectivity index (χ1) is 10.0. The first-order valence-electron chi connectivity index (χ1n) is 7.48. The molecule has 4 nitrogen and oxygen atoms in total. The second-order valence-corrected chi connectivity index (χ2v) is 5.74. The van der Waals surface area contributed by atoms with Crippen LogP contribution in [0.15, 0.2) is 24.3 Å². The molecule has 1 aliphatic carbocycles. The van der Waals surface area contributed by atoms with E-state index in [1.165, 1.54) is 6.92 Å². The van der Waals surface area contributed by atoms with Crippen molar-refractivity contribution in [2.75, 3.05) is 6.61 Å². The maximum absolute atomic E-state index is 11.8. The quantitative estimate of drug-likeness (QED) is 0.616. The van der Waals surface area contributed by atoms with Crippen molar-refractivity contribution in [3.05, 3.63) is 29.8 Å². The summed E-state index contributed by atoms with van der Waals surface area (Å²) in [5.74, 6) is 0.865. The summed E-state index contributed by atoms with van der Waals surface area (Å²) < 4.78 is 10.8. The van der Waals surface area contributed by atoms with Gasteiger partial charge in [0.25, 0.3) is 0 Å². The Hall–Kier alpha value is -1.84. The molecule has 2 rings (SSSR count). The number of carbonyl (C=O) groups is 2. The van der Waals surface area contributed by atoms with E-state index in [9.17, 15) is 9.59 Å². The van der Waals surface area contributed by atoms with Crippen LogP contribution in [0, 0.1) is 5.92 Å². The molecule has 0 heterocycles. The van der Waals surface area contributed by atoms with Crippen LogP contribution in [0.1, 0.15) is 49.9 Å². The summed E-state index contributed by atoms with van der Waals surface area (Å²) in [4.78, 5) is 23.0. The molecular weight excluding hydrogens is 268 g/mol. The molecule has 0 N–H and O–H groups in total. The molecule has 0 bridgehead atoms. The van der Waals surface area contributed by atoms with Gasteiger partial charge in [0.1, 0.15) is 11.9 Å². The molecule has 0 amide bonds. The maximum atomic E-state index is 11.8. The normalized spacial score (nSPS) is 21.6. The van der Waals surface area contributed by atoms with Gasteiger partial charge in [0.15, 0.2) is 12.4 Å². The Morgan fingerprint density at radius 1 is 1.19 bits per heavy atom. The minimum absolute atomic E-state index is 0.0284. The standard InChI is InChI=1S/C17H22O4/c1-12-6-8-15(9-7-12)21-17(19)11-20-16-5-3-4-14(10-16)13(2)18/h3-5,10,12,15H,6-9,11H2,1-2H3. The summed E-state index contributed by atoms with van der Waals surface area (Å²) in [7, 11) is 0. The highest BCUT2D eigenvalue weighted by Gasteiger charge is 2.21. The Labute approximate surface area is 125 Å². The van der Waals surface area contributed by atoms with E-state index in [-0.39, 0.29) is 24.5 Å². The average molecular weight is 290 g/mol. The largest absolute Gasteiger partial charge is 0.482 e. The number of ether oxygens (including phenoxy) is 2. The van der Waals surface area contributed by atoms with Gasteiger partial charge < -0.3 is 9.47 Å². The van der Waals surface area contributed by atoms with Gasteiger partial charge in [0.05, 0.1) is 0 Å². The van der Waals surface area contributed by atoms with Crippen molar-refractivity contribution in [3.8, 4) is 5.75 Å². The zero-order valence-corrected chi connectivity index (χ0v) is 12.6. The number of benzene rings is 1. The third-order valence-electron chi connectivity index (χ3n) is 3.86. The van der Waals surface area contributed by atoms with Crippen molar-refractivity contribution in [1.82, 2.24) is 0 Å². The van der Waals surface area contributed by atoms with Gasteiger partial charge in [-0.25, -0.2) is 4.79 Å². The lowest BCUT2D eigenvalue weighted by Crippen LogP contribution is -2.26. The molecule has 0 radical (unpaired) electrons. The zero-order valence-electron chi connectivity index (χ0n) is 12.6. The number of hydrogen-bond acceptors (Lipinski definition) is 4. The first-order valence-corrected chi connectivity index (χ1v) is 7.48. The highest BCUT2D eigenvalue weighted by Crippen LogP contribution is 2.25. The SMILES string of the molecule is CC(=O)c1cccc(OCC(=O)OC2CCC(C)CC2)c1. The molecule has 1 saturated carbocycles. The van der Waals surface area contributed by atoms with E-state index < -0.39 is 0 Å². The molecule has 114 valence electrons. The maximum Gasteiger partial charge on any atom is 0.344 e. The molecule has 4 heteroatoms. The minimum Gasteiger partial charge on any atom is -0.482 e. The smallest absolute Gasteiger partial charge is 0.344 e. The molecule has 21 heavy (non-hydrogen) atoms. The molecule has 1 aromatic carbocycles. The van der Waals surface area contributed by atoms with Crippen molar-refractivity contribution in [2.45, 2.75) is 45.6 Å². The van der Waals surface area contributed by atoms with Gasteiger partial charge in [-0.15, -0.1) is 0 Å². The third kappa shape index (κ3) is 4.88. The number of ketones is 1. The predicted octanol–water partition coefficient (Wildman–Crippen LogP) is 3.39. The Bertz CT molecular complexity index is 501. The fourth-order valence-electron chi connectivity index (χ4n) is 2.51. The van der Waals surface area contributed by atoms with Crippen molar-refractivity contribution < 1.29 is 19.1 Å². The molecular formula is C17H22O4. The fourth-order valence-corrected chi connectivity index (χ4v) is 2.51. The third-order valence-corrected chi connectivity index (χ3v) is 3.86. The Balaban J connectivity index is 1.78. The lowest BCUT2D eigenvalue weighted by atomic mass is 9.89. The van der Waals surface area contributed by atoms with E-state index in [2.05, 4.69) is 6.92 Å². The van der Waals surface area contributed by atoms with Crippen LogP contribution in [0.5, 0.6) is 5.75 Å². The van der Waals surface area contributed by atoms with Gasteiger partial charge in [-0.05, 0) is 50.7 Å². The molecule has 0 saturated heterocycles. The molecule has 0 unspecified atom stereocenters. The van der Waals surface area contributed by atoms with Gasteiger partial charge in [-0.2, -0.15) is 0 Å². The zero-order chi connectivity index (χ0) is 15.2. The van der Waals surface area contributed by atoms with E-state index in [0.29, 0.717) is 11.3 Å². The Morgan fingerprint density at radius 3 is 2.57 bits per heavy atom. The van der Waals surface area contributed by atoms with Crippen molar-refractivity contribution in [2.24, 2.45) is 5.92 Å². The molecule has 1 aromatic rings. The molecule has 0 aromatic heterocycles. The molecule has 1 aliphatic rings. The van der Waals surface area contributed by atoms with E-state index >= 15 is 0 Å². The van der Waals surface area contributed by atoms with Crippen LogP contribution in [0.3, 0.4) is 0 Å². The number of carbonyl (C=O) groups excluding carboxylic acids is 2. The second-order valence-electron chi connectivity index (χ2n) is 5.74. The van der Waals surface area contributed by atoms with Crippen LogP contribution in [-0.4, -0.2) is 24.5 Å². The molecule has 1 fully saturated rings. The average Bonchev–Trinajstić information content (AvgIpc) is 2.48. The van der Waals surface area contributed by atoms with Gasteiger partial charge in [0.2, 0.25) is 0 Å². The summed E-state index contributed by atoms with van der Waals surface area (Å²) in [5.41, 5.74) is 0.571. The Kier molecular flexibility index (Phi) is 5.37. The predicted molar refractivity (Wildman–Crippen MR) is 79.5 cm³/mol. The summed E-state index contributed by atoms with van der Waals surface area (Å²) in [6.07, 6.45) is 4.12.